The molecule has 0 aliphatic rings. The van der Waals surface area contributed by atoms with Crippen LogP contribution in [-0.4, -0.2) is 22.8 Å². The molecule has 0 spiro atoms. The number of aromatic carboxylic acids is 1. The lowest BCUT2D eigenvalue weighted by molar-refractivity contribution is 0.0686. The summed E-state index contributed by atoms with van der Waals surface area (Å²) in [7, 11) is 1.62. The normalized spacial score (nSPS) is 10.8. The minimum absolute atomic E-state index is 0.322. The Kier molecular flexibility index (Phi) is 3.20. The maximum Gasteiger partial charge on any atom is 0.352 e. The fourth-order valence-corrected chi connectivity index (χ4v) is 3.12. The molecule has 0 fully saturated rings. The Balaban J connectivity index is 2.01. The van der Waals surface area contributed by atoms with Gasteiger partial charge < -0.3 is 14.4 Å². The number of carboxylic acid groups (broad SMARTS) is 1. The summed E-state index contributed by atoms with van der Waals surface area (Å²) < 4.78 is 6.96. The molecule has 5 heteroatoms. The van der Waals surface area contributed by atoms with E-state index in [-0.39, 0.29) is 0 Å². The molecule has 0 saturated heterocycles. The number of aromatic nitrogens is 1. The molecule has 1 N–H and O–H groups in total. The van der Waals surface area contributed by atoms with Gasteiger partial charge in [-0.3, -0.25) is 0 Å². The van der Waals surface area contributed by atoms with Gasteiger partial charge in [-0.05, 0) is 35.2 Å². The van der Waals surface area contributed by atoms with Crippen LogP contribution in [0.4, 0.5) is 0 Å². The number of carboxylic acids is 1. The Morgan fingerprint density at radius 2 is 2.05 bits per heavy atom. The van der Waals surface area contributed by atoms with E-state index in [2.05, 4.69) is 0 Å². The van der Waals surface area contributed by atoms with Crippen molar-refractivity contribution in [2.75, 3.05) is 7.11 Å². The van der Waals surface area contributed by atoms with E-state index in [1.165, 1.54) is 0 Å². The Hall–Kier alpha value is -2.27. The zero-order valence-corrected chi connectivity index (χ0v) is 11.7. The lowest BCUT2D eigenvalue weighted by Crippen LogP contribution is -2.08. The van der Waals surface area contributed by atoms with Crippen LogP contribution < -0.4 is 4.74 Å². The minimum Gasteiger partial charge on any atom is -0.497 e. The van der Waals surface area contributed by atoms with E-state index in [0.717, 1.165) is 21.5 Å². The minimum atomic E-state index is -0.901. The van der Waals surface area contributed by atoms with E-state index in [0.29, 0.717) is 12.2 Å². The number of hydrogen-bond acceptors (Lipinski definition) is 3. The standard InChI is InChI=1S/C15H13NO3S/c1-19-12-4-2-10(3-5-12)9-16-13(15(17)18)8-11-6-7-20-14(11)16/h2-8H,9H2,1H3,(H,17,18). The molecule has 2 aromatic heterocycles. The summed E-state index contributed by atoms with van der Waals surface area (Å²) in [6.45, 7) is 0.537. The fraction of sp³-hybridized carbons (Fsp3) is 0.133. The van der Waals surface area contributed by atoms with Crippen molar-refractivity contribution >= 4 is 27.5 Å². The monoisotopic (exact) mass is 287 g/mol. The molecule has 1 aromatic carbocycles. The quantitative estimate of drug-likeness (QED) is 0.799. The largest absolute Gasteiger partial charge is 0.497 e. The molecule has 3 aromatic rings. The number of carbonyl (C=O) groups is 1. The number of nitrogens with zero attached hydrogens (tertiary/aromatic N) is 1. The molecule has 20 heavy (non-hydrogen) atoms. The van der Waals surface area contributed by atoms with E-state index in [4.69, 9.17) is 4.74 Å². The highest BCUT2D eigenvalue weighted by Gasteiger charge is 2.15. The predicted molar refractivity (Wildman–Crippen MR) is 78.9 cm³/mol. The first-order valence-corrected chi connectivity index (χ1v) is 7.00. The van der Waals surface area contributed by atoms with Gasteiger partial charge in [0.15, 0.2) is 0 Å². The van der Waals surface area contributed by atoms with Crippen LogP contribution in [-0.2, 0) is 6.54 Å². The van der Waals surface area contributed by atoms with Crippen molar-refractivity contribution in [1.29, 1.82) is 0 Å². The van der Waals surface area contributed by atoms with Gasteiger partial charge in [0, 0.05) is 11.9 Å². The molecule has 0 aliphatic heterocycles. The Labute approximate surface area is 119 Å². The van der Waals surface area contributed by atoms with Crippen LogP contribution in [0, 0.1) is 0 Å². The zero-order valence-electron chi connectivity index (χ0n) is 10.9. The van der Waals surface area contributed by atoms with Crippen molar-refractivity contribution in [1.82, 2.24) is 4.57 Å². The zero-order chi connectivity index (χ0) is 14.1. The Morgan fingerprint density at radius 1 is 1.30 bits per heavy atom. The average molecular weight is 287 g/mol. The summed E-state index contributed by atoms with van der Waals surface area (Å²) in [6.07, 6.45) is 0. The lowest BCUT2D eigenvalue weighted by Gasteiger charge is -2.08. The highest BCUT2D eigenvalue weighted by Crippen LogP contribution is 2.26. The Bertz CT molecular complexity index is 755. The SMILES string of the molecule is COc1ccc(Cn2c(C(=O)O)cc3ccsc32)cc1. The van der Waals surface area contributed by atoms with E-state index in [1.807, 2.05) is 40.3 Å². The number of ether oxygens (including phenoxy) is 1. The number of methoxy groups -OCH3 is 1. The molecule has 0 bridgehead atoms. The molecule has 0 unspecified atom stereocenters. The third-order valence-electron chi connectivity index (χ3n) is 3.22. The van der Waals surface area contributed by atoms with Crippen molar-refractivity contribution in [2.45, 2.75) is 6.54 Å². The van der Waals surface area contributed by atoms with Crippen LogP contribution in [0.1, 0.15) is 16.1 Å². The van der Waals surface area contributed by atoms with Gasteiger partial charge in [-0.2, -0.15) is 0 Å². The highest BCUT2D eigenvalue weighted by molar-refractivity contribution is 7.16. The summed E-state index contributed by atoms with van der Waals surface area (Å²) in [4.78, 5) is 12.3. The number of rotatable bonds is 4. The van der Waals surface area contributed by atoms with Gasteiger partial charge in [-0.15, -0.1) is 11.3 Å². The second-order valence-electron chi connectivity index (χ2n) is 4.45. The maximum atomic E-state index is 11.3. The first-order valence-electron chi connectivity index (χ1n) is 6.12. The van der Waals surface area contributed by atoms with Crippen LogP contribution in [0.15, 0.2) is 41.8 Å². The second-order valence-corrected chi connectivity index (χ2v) is 5.34. The molecule has 102 valence electrons. The van der Waals surface area contributed by atoms with Crippen LogP contribution in [0.3, 0.4) is 0 Å². The van der Waals surface area contributed by atoms with Crippen molar-refractivity contribution in [3.05, 3.63) is 53.0 Å². The van der Waals surface area contributed by atoms with Gasteiger partial charge in [0.2, 0.25) is 0 Å². The number of fused-ring (bicyclic) bond motifs is 1. The molecular formula is C15H13NO3S. The van der Waals surface area contributed by atoms with E-state index < -0.39 is 5.97 Å². The van der Waals surface area contributed by atoms with Crippen molar-refractivity contribution in [3.63, 3.8) is 0 Å². The molecular weight excluding hydrogens is 274 g/mol. The van der Waals surface area contributed by atoms with Gasteiger partial charge in [-0.1, -0.05) is 12.1 Å². The predicted octanol–water partition coefficient (Wildman–Crippen LogP) is 3.46. The summed E-state index contributed by atoms with van der Waals surface area (Å²) in [5.74, 6) is -0.108. The molecule has 0 amide bonds. The fourth-order valence-electron chi connectivity index (χ4n) is 2.22. The van der Waals surface area contributed by atoms with Gasteiger partial charge in [-0.25, -0.2) is 4.79 Å². The summed E-state index contributed by atoms with van der Waals surface area (Å²) >= 11 is 1.55. The first kappa shape index (κ1) is 12.7. The molecule has 0 radical (unpaired) electrons. The summed E-state index contributed by atoms with van der Waals surface area (Å²) in [5, 5.41) is 12.3. The van der Waals surface area contributed by atoms with E-state index in [1.54, 1.807) is 24.5 Å². The molecule has 4 nitrogen and oxygen atoms in total. The summed E-state index contributed by atoms with van der Waals surface area (Å²) in [5.41, 5.74) is 1.36. The molecule has 0 atom stereocenters. The van der Waals surface area contributed by atoms with Gasteiger partial charge in [0.1, 0.15) is 16.3 Å². The summed E-state index contributed by atoms with van der Waals surface area (Å²) in [6, 6.07) is 11.3. The molecule has 0 saturated carbocycles. The molecule has 2 heterocycles. The smallest absolute Gasteiger partial charge is 0.352 e. The van der Waals surface area contributed by atoms with E-state index in [9.17, 15) is 9.90 Å². The van der Waals surface area contributed by atoms with Gasteiger partial charge >= 0.3 is 5.97 Å². The Morgan fingerprint density at radius 3 is 2.70 bits per heavy atom. The highest BCUT2D eigenvalue weighted by atomic mass is 32.1. The van der Waals surface area contributed by atoms with Crippen LogP contribution in [0.2, 0.25) is 0 Å². The van der Waals surface area contributed by atoms with Gasteiger partial charge in [0.05, 0.1) is 7.11 Å². The van der Waals surface area contributed by atoms with Crippen LogP contribution in [0.5, 0.6) is 5.75 Å². The van der Waals surface area contributed by atoms with Gasteiger partial charge in [0.25, 0.3) is 0 Å². The maximum absolute atomic E-state index is 11.3. The third kappa shape index (κ3) is 2.16. The van der Waals surface area contributed by atoms with E-state index >= 15 is 0 Å². The lowest BCUT2D eigenvalue weighted by atomic mass is 10.2. The second kappa shape index (κ2) is 5.02. The number of benzene rings is 1. The third-order valence-corrected chi connectivity index (χ3v) is 4.17. The topological polar surface area (TPSA) is 51.5 Å². The van der Waals surface area contributed by atoms with Crippen molar-refractivity contribution < 1.29 is 14.6 Å². The number of hydrogen-bond donors (Lipinski definition) is 1. The average Bonchev–Trinajstić information content (AvgIpc) is 3.02. The molecule has 0 aliphatic carbocycles. The first-order chi connectivity index (χ1) is 9.69. The van der Waals surface area contributed by atoms with Crippen molar-refractivity contribution in [3.8, 4) is 5.75 Å². The van der Waals surface area contributed by atoms with Crippen LogP contribution >= 0.6 is 11.3 Å². The van der Waals surface area contributed by atoms with Crippen molar-refractivity contribution in [2.24, 2.45) is 0 Å². The molecule has 3 rings (SSSR count). The number of thiophene rings is 1. The van der Waals surface area contributed by atoms with Crippen LogP contribution in [0.25, 0.3) is 10.2 Å².